The van der Waals surface area contributed by atoms with Crippen LogP contribution in [0.4, 0.5) is 5.69 Å². The summed E-state index contributed by atoms with van der Waals surface area (Å²) >= 11 is 0. The van der Waals surface area contributed by atoms with Gasteiger partial charge in [-0.2, -0.15) is 0 Å². The lowest BCUT2D eigenvalue weighted by Crippen LogP contribution is -2.44. The molecule has 2 N–H and O–H groups in total. The average Bonchev–Trinajstić information content (AvgIpc) is 3.09. The van der Waals surface area contributed by atoms with Crippen LogP contribution in [-0.2, 0) is 16.0 Å². The molecule has 0 radical (unpaired) electrons. The van der Waals surface area contributed by atoms with Gasteiger partial charge in [0.2, 0.25) is 11.8 Å². The van der Waals surface area contributed by atoms with Crippen LogP contribution in [0.2, 0.25) is 0 Å². The van der Waals surface area contributed by atoms with Crippen LogP contribution in [0.25, 0.3) is 0 Å². The first-order valence-electron chi connectivity index (χ1n) is 9.36. The normalized spacial score (nSPS) is 18.6. The highest BCUT2D eigenvalue weighted by atomic mass is 16.5. The molecule has 2 aromatic carbocycles. The predicted octanol–water partition coefficient (Wildman–Crippen LogP) is 2.16. The smallest absolute Gasteiger partial charge is 0.227 e. The molecule has 0 saturated carbocycles. The van der Waals surface area contributed by atoms with Crippen molar-refractivity contribution in [3.05, 3.63) is 60.2 Å². The van der Waals surface area contributed by atoms with E-state index in [9.17, 15) is 14.7 Å². The second-order valence-electron chi connectivity index (χ2n) is 7.48. The number of methoxy groups -OCH3 is 1. The summed E-state index contributed by atoms with van der Waals surface area (Å²) < 4.78 is 5.13. The van der Waals surface area contributed by atoms with Crippen molar-refractivity contribution in [2.24, 2.45) is 5.92 Å². The molecule has 1 aliphatic heterocycles. The van der Waals surface area contributed by atoms with Crippen molar-refractivity contribution >= 4 is 17.5 Å². The zero-order chi connectivity index (χ0) is 20.1. The number of anilines is 1. The number of aliphatic hydroxyl groups is 1. The van der Waals surface area contributed by atoms with Gasteiger partial charge in [0.1, 0.15) is 5.75 Å². The standard InChI is InChI=1S/C22H26N2O4/c1-22(27,13-16-8-10-19(28-2)11-9-16)15-23-21(26)17-12-20(25)24(14-17)18-6-4-3-5-7-18/h3-11,17,27H,12-15H2,1-2H3,(H,23,26). The fourth-order valence-corrected chi connectivity index (χ4v) is 3.41. The Bertz CT molecular complexity index is 818. The van der Waals surface area contributed by atoms with Gasteiger partial charge in [-0.25, -0.2) is 0 Å². The number of amides is 2. The molecule has 2 aromatic rings. The number of para-hydroxylation sites is 1. The van der Waals surface area contributed by atoms with Crippen LogP contribution in [-0.4, -0.2) is 42.7 Å². The minimum atomic E-state index is -1.09. The van der Waals surface area contributed by atoms with E-state index in [-0.39, 0.29) is 24.8 Å². The van der Waals surface area contributed by atoms with Crippen LogP contribution >= 0.6 is 0 Å². The van der Waals surface area contributed by atoms with Crippen molar-refractivity contribution in [1.29, 1.82) is 0 Å². The van der Waals surface area contributed by atoms with E-state index in [1.807, 2.05) is 54.6 Å². The van der Waals surface area contributed by atoms with Crippen LogP contribution in [0.1, 0.15) is 18.9 Å². The topological polar surface area (TPSA) is 78.9 Å². The third-order valence-corrected chi connectivity index (χ3v) is 4.95. The fourth-order valence-electron chi connectivity index (χ4n) is 3.41. The van der Waals surface area contributed by atoms with Crippen molar-refractivity contribution in [3.8, 4) is 5.75 Å². The maximum atomic E-state index is 12.5. The summed E-state index contributed by atoms with van der Waals surface area (Å²) in [4.78, 5) is 26.4. The van der Waals surface area contributed by atoms with Gasteiger partial charge < -0.3 is 20.1 Å². The number of hydrogen-bond acceptors (Lipinski definition) is 4. The summed E-state index contributed by atoms with van der Waals surface area (Å²) in [5.74, 6) is 0.0770. The van der Waals surface area contributed by atoms with E-state index in [0.29, 0.717) is 13.0 Å². The Morgan fingerprint density at radius 3 is 2.54 bits per heavy atom. The van der Waals surface area contributed by atoms with E-state index in [4.69, 9.17) is 4.74 Å². The second-order valence-corrected chi connectivity index (χ2v) is 7.48. The Morgan fingerprint density at radius 2 is 1.89 bits per heavy atom. The minimum Gasteiger partial charge on any atom is -0.497 e. The highest BCUT2D eigenvalue weighted by molar-refractivity contribution is 6.00. The molecular weight excluding hydrogens is 356 g/mol. The summed E-state index contributed by atoms with van der Waals surface area (Å²) in [6.45, 7) is 2.16. The molecular formula is C22H26N2O4. The van der Waals surface area contributed by atoms with E-state index >= 15 is 0 Å². The molecule has 2 unspecified atom stereocenters. The molecule has 1 fully saturated rings. The van der Waals surface area contributed by atoms with Gasteiger partial charge in [-0.15, -0.1) is 0 Å². The molecule has 6 nitrogen and oxygen atoms in total. The largest absolute Gasteiger partial charge is 0.497 e. The maximum Gasteiger partial charge on any atom is 0.227 e. The van der Waals surface area contributed by atoms with Gasteiger partial charge in [-0.05, 0) is 36.8 Å². The number of nitrogens with zero attached hydrogens (tertiary/aromatic N) is 1. The predicted molar refractivity (Wildman–Crippen MR) is 107 cm³/mol. The molecule has 0 bridgehead atoms. The second kappa shape index (κ2) is 8.44. The van der Waals surface area contributed by atoms with Gasteiger partial charge in [0.05, 0.1) is 18.6 Å². The van der Waals surface area contributed by atoms with Crippen molar-refractivity contribution in [3.63, 3.8) is 0 Å². The number of carbonyl (C=O) groups is 2. The van der Waals surface area contributed by atoms with Crippen LogP contribution in [0.15, 0.2) is 54.6 Å². The molecule has 28 heavy (non-hydrogen) atoms. The van der Waals surface area contributed by atoms with Gasteiger partial charge in [0.25, 0.3) is 0 Å². The first-order valence-corrected chi connectivity index (χ1v) is 9.36. The van der Waals surface area contributed by atoms with E-state index in [1.165, 1.54) is 0 Å². The SMILES string of the molecule is COc1ccc(CC(C)(O)CNC(=O)C2CC(=O)N(c3ccccc3)C2)cc1. The molecule has 1 heterocycles. The summed E-state index contributed by atoms with van der Waals surface area (Å²) in [6.07, 6.45) is 0.582. The number of nitrogens with one attached hydrogen (secondary N) is 1. The Labute approximate surface area is 165 Å². The number of carbonyl (C=O) groups excluding carboxylic acids is 2. The van der Waals surface area contributed by atoms with Gasteiger partial charge in [-0.1, -0.05) is 30.3 Å². The first kappa shape index (κ1) is 19.9. The molecule has 0 spiro atoms. The number of hydrogen-bond donors (Lipinski definition) is 2. The van der Waals surface area contributed by atoms with Crippen molar-refractivity contribution < 1.29 is 19.4 Å². The Morgan fingerprint density at radius 1 is 1.21 bits per heavy atom. The van der Waals surface area contributed by atoms with Crippen molar-refractivity contribution in [2.45, 2.75) is 25.4 Å². The maximum absolute atomic E-state index is 12.5. The quantitative estimate of drug-likeness (QED) is 0.769. The summed E-state index contributed by atoms with van der Waals surface area (Å²) in [5, 5.41) is 13.5. The Balaban J connectivity index is 1.53. The lowest BCUT2D eigenvalue weighted by Gasteiger charge is -2.25. The van der Waals surface area contributed by atoms with Crippen LogP contribution in [0.5, 0.6) is 5.75 Å². The summed E-state index contributed by atoms with van der Waals surface area (Å²) in [7, 11) is 1.60. The average molecular weight is 382 g/mol. The molecule has 0 aromatic heterocycles. The van der Waals surface area contributed by atoms with Crippen LogP contribution in [0, 0.1) is 5.92 Å². The van der Waals surface area contributed by atoms with E-state index in [2.05, 4.69) is 5.32 Å². The molecule has 6 heteroatoms. The summed E-state index contributed by atoms with van der Waals surface area (Å²) in [6, 6.07) is 16.8. The monoisotopic (exact) mass is 382 g/mol. The van der Waals surface area contributed by atoms with Crippen molar-refractivity contribution in [2.75, 3.05) is 25.1 Å². The lowest BCUT2D eigenvalue weighted by atomic mass is 9.96. The Hall–Kier alpha value is -2.86. The number of rotatable bonds is 7. The molecule has 1 saturated heterocycles. The van der Waals surface area contributed by atoms with E-state index in [0.717, 1.165) is 17.0 Å². The van der Waals surface area contributed by atoms with E-state index < -0.39 is 11.5 Å². The third-order valence-electron chi connectivity index (χ3n) is 4.95. The van der Waals surface area contributed by atoms with E-state index in [1.54, 1.807) is 18.9 Å². The van der Waals surface area contributed by atoms with Gasteiger partial charge >= 0.3 is 0 Å². The van der Waals surface area contributed by atoms with Gasteiger partial charge in [-0.3, -0.25) is 9.59 Å². The molecule has 1 aliphatic rings. The molecule has 2 atom stereocenters. The fraction of sp³-hybridized carbons (Fsp3) is 0.364. The highest BCUT2D eigenvalue weighted by Crippen LogP contribution is 2.25. The molecule has 3 rings (SSSR count). The number of benzene rings is 2. The minimum absolute atomic E-state index is 0.0589. The molecule has 2 amide bonds. The highest BCUT2D eigenvalue weighted by Gasteiger charge is 2.35. The zero-order valence-electron chi connectivity index (χ0n) is 16.2. The zero-order valence-corrected chi connectivity index (χ0v) is 16.2. The van der Waals surface area contributed by atoms with Crippen LogP contribution in [0.3, 0.4) is 0 Å². The van der Waals surface area contributed by atoms with Gasteiger partial charge in [0.15, 0.2) is 0 Å². The summed E-state index contributed by atoms with van der Waals surface area (Å²) in [5.41, 5.74) is 0.659. The number of ether oxygens (including phenoxy) is 1. The van der Waals surface area contributed by atoms with Crippen LogP contribution < -0.4 is 15.0 Å². The first-order chi connectivity index (χ1) is 13.4. The molecule has 0 aliphatic carbocycles. The van der Waals surface area contributed by atoms with Crippen molar-refractivity contribution in [1.82, 2.24) is 5.32 Å². The van der Waals surface area contributed by atoms with Gasteiger partial charge in [0, 0.05) is 31.6 Å². The Kier molecular flexibility index (Phi) is 5.99. The third kappa shape index (κ3) is 4.89. The lowest BCUT2D eigenvalue weighted by molar-refractivity contribution is -0.127. The molecule has 148 valence electrons.